The number of piperidine rings is 1. The van der Waals surface area contributed by atoms with E-state index in [0.717, 1.165) is 38.6 Å². The number of methoxy groups -OCH3 is 1. The number of nitrogens with two attached hydrogens (primary N) is 1. The van der Waals surface area contributed by atoms with E-state index in [4.69, 9.17) is 15.2 Å². The zero-order chi connectivity index (χ0) is 32.6. The Morgan fingerprint density at radius 2 is 1.63 bits per heavy atom. The Morgan fingerprint density at radius 3 is 2.28 bits per heavy atom. The number of rotatable bonds is 8. The Labute approximate surface area is 262 Å². The molecule has 3 aromatic carbocycles. The van der Waals surface area contributed by atoms with Crippen LogP contribution in [0.2, 0.25) is 0 Å². The van der Waals surface area contributed by atoms with Crippen molar-refractivity contribution >= 4 is 0 Å². The van der Waals surface area contributed by atoms with Gasteiger partial charge in [-0.1, -0.05) is 48.5 Å². The number of fused-ring (bicyclic) bond motifs is 2. The van der Waals surface area contributed by atoms with Crippen molar-refractivity contribution in [2.75, 3.05) is 20.2 Å². The molecule has 12 heteroatoms. The predicted octanol–water partition coefficient (Wildman–Crippen LogP) is 4.95. The summed E-state index contributed by atoms with van der Waals surface area (Å²) < 4.78 is 70.5. The maximum atomic E-state index is 15.0. The first-order valence-corrected chi connectivity index (χ1v) is 15.0. The minimum Gasteiger partial charge on any atom is -0.497 e. The molecule has 0 aliphatic carbocycles. The lowest BCUT2D eigenvalue weighted by atomic mass is 9.85. The maximum Gasteiger partial charge on any atom is 0.416 e. The molecule has 2 aliphatic heterocycles. The highest BCUT2D eigenvalue weighted by molar-refractivity contribution is 5.35. The van der Waals surface area contributed by atoms with Crippen LogP contribution in [0.25, 0.3) is 0 Å². The van der Waals surface area contributed by atoms with Crippen molar-refractivity contribution in [2.24, 2.45) is 5.73 Å². The molecule has 4 aromatic rings. The third kappa shape index (κ3) is 6.00. The Balaban J connectivity index is 1.39. The van der Waals surface area contributed by atoms with E-state index in [-0.39, 0.29) is 24.4 Å². The summed E-state index contributed by atoms with van der Waals surface area (Å²) in [7, 11) is 1.60. The number of halogens is 4. The smallest absolute Gasteiger partial charge is 0.416 e. The van der Waals surface area contributed by atoms with Crippen molar-refractivity contribution in [2.45, 2.75) is 56.9 Å². The average molecular weight is 639 g/mol. The molecule has 2 N–H and O–H groups in total. The molecular weight excluding hydrogens is 604 g/mol. The summed E-state index contributed by atoms with van der Waals surface area (Å²) in [6, 6.07) is 18.5. The molecule has 2 aliphatic rings. The van der Waals surface area contributed by atoms with Gasteiger partial charge in [-0.15, -0.1) is 0 Å². The molecule has 46 heavy (non-hydrogen) atoms. The van der Waals surface area contributed by atoms with Gasteiger partial charge < -0.3 is 15.2 Å². The van der Waals surface area contributed by atoms with E-state index in [9.17, 15) is 22.8 Å². The largest absolute Gasteiger partial charge is 0.497 e. The number of hydrogen-bond acceptors (Lipinski definition) is 6. The van der Waals surface area contributed by atoms with Crippen LogP contribution >= 0.6 is 0 Å². The highest BCUT2D eigenvalue weighted by Gasteiger charge is 2.47. The summed E-state index contributed by atoms with van der Waals surface area (Å²) in [6.45, 7) is 0.679. The van der Waals surface area contributed by atoms with Crippen LogP contribution in [0, 0.1) is 5.82 Å². The number of hydrogen-bond donors (Lipinski definition) is 1. The van der Waals surface area contributed by atoms with Crippen LogP contribution < -0.4 is 21.7 Å². The molecule has 1 fully saturated rings. The minimum absolute atomic E-state index is 0.166. The number of alkyl halides is 3. The lowest BCUT2D eigenvalue weighted by Crippen LogP contribution is -2.49. The standard InChI is InChI=1S/C34H34F4N4O4/c1-45-24-12-10-22(11-13-24)18-40-16-14-33(15-17-40)30-29(21-46-33)41(19-25-26(34(36,37)38)8-5-9-27(25)35)32(44)42(31(30)43)20-28(39)23-6-3-2-4-7-23/h2-13,28H,14-21,39H2,1H3. The van der Waals surface area contributed by atoms with Gasteiger partial charge in [0.05, 0.1) is 43.6 Å². The molecule has 1 atom stereocenters. The fourth-order valence-corrected chi connectivity index (χ4v) is 6.55. The summed E-state index contributed by atoms with van der Waals surface area (Å²) in [5, 5.41) is 0. The van der Waals surface area contributed by atoms with Gasteiger partial charge in [0.15, 0.2) is 0 Å². The maximum absolute atomic E-state index is 15.0. The van der Waals surface area contributed by atoms with Gasteiger partial charge in [0.2, 0.25) is 0 Å². The number of aromatic nitrogens is 2. The van der Waals surface area contributed by atoms with E-state index >= 15 is 4.39 Å². The summed E-state index contributed by atoms with van der Waals surface area (Å²) in [4.78, 5) is 30.4. The Morgan fingerprint density at radius 1 is 0.935 bits per heavy atom. The predicted molar refractivity (Wildman–Crippen MR) is 163 cm³/mol. The molecule has 0 saturated carbocycles. The summed E-state index contributed by atoms with van der Waals surface area (Å²) in [6.07, 6.45) is -4.02. The number of likely N-dealkylation sites (tertiary alicyclic amines) is 1. The van der Waals surface area contributed by atoms with Crippen molar-refractivity contribution in [3.8, 4) is 5.75 Å². The van der Waals surface area contributed by atoms with Gasteiger partial charge in [-0.2, -0.15) is 13.2 Å². The van der Waals surface area contributed by atoms with Gasteiger partial charge in [-0.05, 0) is 48.2 Å². The lowest BCUT2D eigenvalue weighted by Gasteiger charge is -2.39. The summed E-state index contributed by atoms with van der Waals surface area (Å²) in [5.41, 5.74) is 4.19. The van der Waals surface area contributed by atoms with E-state index in [1.54, 1.807) is 37.4 Å². The zero-order valence-corrected chi connectivity index (χ0v) is 25.2. The second kappa shape index (κ2) is 12.5. The van der Waals surface area contributed by atoms with Crippen molar-refractivity contribution in [1.29, 1.82) is 0 Å². The lowest BCUT2D eigenvalue weighted by molar-refractivity contribution is -0.138. The van der Waals surface area contributed by atoms with Crippen LogP contribution in [0.5, 0.6) is 5.75 Å². The highest BCUT2D eigenvalue weighted by atomic mass is 19.4. The van der Waals surface area contributed by atoms with E-state index in [1.807, 2.05) is 24.3 Å². The molecule has 3 heterocycles. The van der Waals surface area contributed by atoms with Crippen molar-refractivity contribution in [3.63, 3.8) is 0 Å². The van der Waals surface area contributed by atoms with Crippen molar-refractivity contribution < 1.29 is 27.0 Å². The van der Waals surface area contributed by atoms with E-state index < -0.39 is 52.6 Å². The fraction of sp³-hybridized carbons (Fsp3) is 0.353. The molecule has 1 spiro atoms. The van der Waals surface area contributed by atoms with Crippen molar-refractivity contribution in [1.82, 2.24) is 14.0 Å². The van der Waals surface area contributed by atoms with Gasteiger partial charge in [0.25, 0.3) is 5.56 Å². The van der Waals surface area contributed by atoms with E-state index in [2.05, 4.69) is 4.90 Å². The molecule has 1 saturated heterocycles. The first kappa shape index (κ1) is 31.7. The molecular formula is C34H34F4N4O4. The zero-order valence-electron chi connectivity index (χ0n) is 25.2. The van der Waals surface area contributed by atoms with Gasteiger partial charge in [-0.3, -0.25) is 18.8 Å². The van der Waals surface area contributed by atoms with Crippen LogP contribution in [0.4, 0.5) is 17.6 Å². The van der Waals surface area contributed by atoms with Gasteiger partial charge in [0, 0.05) is 31.2 Å². The van der Waals surface area contributed by atoms with Gasteiger partial charge >= 0.3 is 11.9 Å². The first-order valence-electron chi connectivity index (χ1n) is 15.0. The van der Waals surface area contributed by atoms with Gasteiger partial charge in [0.1, 0.15) is 17.2 Å². The molecule has 8 nitrogen and oxygen atoms in total. The molecule has 1 aromatic heterocycles. The third-order valence-corrected chi connectivity index (χ3v) is 9.05. The van der Waals surface area contributed by atoms with E-state index in [0.29, 0.717) is 38.0 Å². The minimum atomic E-state index is -4.86. The topological polar surface area (TPSA) is 91.7 Å². The van der Waals surface area contributed by atoms with Crippen LogP contribution in [0.3, 0.4) is 0 Å². The number of ether oxygens (including phenoxy) is 2. The Kier molecular flexibility index (Phi) is 8.62. The third-order valence-electron chi connectivity index (χ3n) is 9.05. The van der Waals surface area contributed by atoms with Crippen LogP contribution in [0.15, 0.2) is 82.4 Å². The monoisotopic (exact) mass is 638 g/mol. The number of nitrogens with zero attached hydrogens (tertiary/aromatic N) is 3. The van der Waals surface area contributed by atoms with Crippen LogP contribution in [-0.2, 0) is 42.8 Å². The SMILES string of the molecule is COc1ccc(CN2CCC3(CC2)OCc2c3c(=O)n(CC(N)c3ccccc3)c(=O)n2Cc2c(F)cccc2C(F)(F)F)cc1. The second-order valence-corrected chi connectivity index (χ2v) is 11.8. The molecule has 242 valence electrons. The highest BCUT2D eigenvalue weighted by Crippen LogP contribution is 2.43. The Bertz CT molecular complexity index is 1830. The summed E-state index contributed by atoms with van der Waals surface area (Å²) >= 11 is 0. The first-order chi connectivity index (χ1) is 22.0. The fourth-order valence-electron chi connectivity index (χ4n) is 6.55. The average Bonchev–Trinajstić information content (AvgIpc) is 3.41. The molecule has 6 rings (SSSR count). The van der Waals surface area contributed by atoms with Crippen LogP contribution in [0.1, 0.15) is 52.4 Å². The normalized spacial score (nSPS) is 16.8. The summed E-state index contributed by atoms with van der Waals surface area (Å²) in [5.74, 6) is -0.348. The number of benzene rings is 3. The quantitative estimate of drug-likeness (QED) is 0.275. The molecule has 0 amide bonds. The molecule has 0 radical (unpaired) electrons. The molecule has 0 bridgehead atoms. The van der Waals surface area contributed by atoms with Gasteiger partial charge in [-0.25, -0.2) is 9.18 Å². The molecule has 1 unspecified atom stereocenters. The second-order valence-electron chi connectivity index (χ2n) is 11.8. The van der Waals surface area contributed by atoms with Crippen molar-refractivity contribution in [3.05, 3.63) is 133 Å². The Hall–Kier alpha value is -4.26. The van der Waals surface area contributed by atoms with Crippen LogP contribution in [-0.4, -0.2) is 34.2 Å². The van der Waals surface area contributed by atoms with E-state index in [1.165, 1.54) is 0 Å².